The molecule has 2 saturated heterocycles. The van der Waals surface area contributed by atoms with Gasteiger partial charge in [0.05, 0.1) is 30.2 Å². The second-order valence-corrected chi connectivity index (χ2v) is 6.26. The lowest BCUT2D eigenvalue weighted by Crippen LogP contribution is -2.44. The van der Waals surface area contributed by atoms with Crippen molar-refractivity contribution in [1.29, 1.82) is 0 Å². The summed E-state index contributed by atoms with van der Waals surface area (Å²) in [4.78, 5) is 42.1. The maximum atomic E-state index is 12.9. The molecule has 0 aromatic carbocycles. The van der Waals surface area contributed by atoms with Crippen molar-refractivity contribution in [1.82, 2.24) is 9.88 Å². The van der Waals surface area contributed by atoms with Crippen LogP contribution in [0.2, 0.25) is 0 Å². The molecule has 124 valence electrons. The highest BCUT2D eigenvalue weighted by Gasteiger charge is 2.67. The highest BCUT2D eigenvalue weighted by molar-refractivity contribution is 6.07. The zero-order valence-electron chi connectivity index (χ0n) is 13.0. The van der Waals surface area contributed by atoms with Crippen LogP contribution in [0.1, 0.15) is 12.6 Å². The van der Waals surface area contributed by atoms with Crippen LogP contribution in [-0.4, -0.2) is 46.0 Å². The number of pyridine rings is 1. The normalized spacial score (nSPS) is 33.2. The van der Waals surface area contributed by atoms with E-state index in [-0.39, 0.29) is 25.0 Å². The van der Waals surface area contributed by atoms with Gasteiger partial charge in [-0.3, -0.25) is 24.3 Å². The lowest BCUT2D eigenvalue weighted by molar-refractivity contribution is -0.155. The summed E-state index contributed by atoms with van der Waals surface area (Å²) in [7, 11) is 0. The van der Waals surface area contributed by atoms with E-state index >= 15 is 0 Å². The summed E-state index contributed by atoms with van der Waals surface area (Å²) < 4.78 is 10.9. The Balaban J connectivity index is 1.61. The number of rotatable bonds is 4. The van der Waals surface area contributed by atoms with Gasteiger partial charge in [-0.1, -0.05) is 12.1 Å². The molecular formula is C17H16N2O5. The predicted octanol–water partition coefficient (Wildman–Crippen LogP) is 0.453. The van der Waals surface area contributed by atoms with Crippen LogP contribution in [0.15, 0.2) is 36.5 Å². The Morgan fingerprint density at radius 2 is 2.21 bits per heavy atom. The second-order valence-electron chi connectivity index (χ2n) is 6.26. The molecule has 2 fully saturated rings. The Morgan fingerprint density at radius 1 is 1.38 bits per heavy atom. The summed E-state index contributed by atoms with van der Waals surface area (Å²) >= 11 is 0. The number of carbonyl (C=O) groups excluding carboxylic acids is 3. The number of carbonyl (C=O) groups is 3. The lowest BCUT2D eigenvalue weighted by Gasteiger charge is -2.28. The first-order chi connectivity index (χ1) is 11.5. The number of hydrogen-bond donors (Lipinski definition) is 0. The molecule has 0 aliphatic carbocycles. The molecule has 3 aliphatic heterocycles. The van der Waals surface area contributed by atoms with Crippen molar-refractivity contribution in [2.75, 3.05) is 6.61 Å². The number of esters is 1. The van der Waals surface area contributed by atoms with E-state index in [2.05, 4.69) is 4.98 Å². The van der Waals surface area contributed by atoms with E-state index in [0.717, 1.165) is 0 Å². The number of aromatic nitrogens is 1. The summed E-state index contributed by atoms with van der Waals surface area (Å²) in [5.41, 5.74) is -0.387. The van der Waals surface area contributed by atoms with E-state index in [1.165, 1.54) is 11.8 Å². The maximum Gasteiger partial charge on any atom is 0.302 e. The number of imide groups is 1. The molecule has 2 amide bonds. The molecule has 24 heavy (non-hydrogen) atoms. The highest BCUT2D eigenvalue weighted by Crippen LogP contribution is 2.52. The largest absolute Gasteiger partial charge is 0.462 e. The molecule has 0 unspecified atom stereocenters. The van der Waals surface area contributed by atoms with E-state index in [1.54, 1.807) is 30.5 Å². The third-order valence-corrected chi connectivity index (χ3v) is 4.79. The standard InChI is InChI=1S/C17H16N2O5/c1-10(20)23-9-17-6-5-12(24-17)13-14(17)16(22)19(15(13)21)8-11-4-2-3-7-18-11/h2-7,12-14H,8-9H2,1H3/t12-,13+,14-,17-/m1/s1. The average molecular weight is 328 g/mol. The van der Waals surface area contributed by atoms with Gasteiger partial charge < -0.3 is 9.47 Å². The van der Waals surface area contributed by atoms with Crippen molar-refractivity contribution in [2.45, 2.75) is 25.2 Å². The lowest BCUT2D eigenvalue weighted by atomic mass is 9.77. The molecule has 0 N–H and O–H groups in total. The second kappa shape index (κ2) is 5.24. The van der Waals surface area contributed by atoms with Gasteiger partial charge in [0.15, 0.2) is 0 Å². The van der Waals surface area contributed by atoms with Crippen LogP contribution in [0, 0.1) is 11.8 Å². The highest BCUT2D eigenvalue weighted by atomic mass is 16.6. The SMILES string of the molecule is CC(=O)OC[C@@]12C=C[C@@H](O1)[C@@H]1C(=O)N(Cc3ccccn3)C(=O)[C@@H]12. The van der Waals surface area contributed by atoms with Crippen LogP contribution in [0.25, 0.3) is 0 Å². The van der Waals surface area contributed by atoms with E-state index in [0.29, 0.717) is 5.69 Å². The van der Waals surface area contributed by atoms with Crippen LogP contribution in [-0.2, 0) is 30.4 Å². The van der Waals surface area contributed by atoms with E-state index < -0.39 is 29.5 Å². The minimum Gasteiger partial charge on any atom is -0.462 e. The molecule has 4 rings (SSSR count). The minimum atomic E-state index is -1.04. The Hall–Kier alpha value is -2.54. The molecule has 0 radical (unpaired) electrons. The van der Waals surface area contributed by atoms with Gasteiger partial charge in [0.1, 0.15) is 12.2 Å². The number of ether oxygens (including phenoxy) is 2. The molecular weight excluding hydrogens is 312 g/mol. The van der Waals surface area contributed by atoms with Crippen molar-refractivity contribution < 1.29 is 23.9 Å². The van der Waals surface area contributed by atoms with Gasteiger partial charge in [-0.05, 0) is 18.2 Å². The van der Waals surface area contributed by atoms with E-state index in [1.807, 2.05) is 6.07 Å². The molecule has 0 spiro atoms. The molecule has 0 saturated carbocycles. The molecule has 3 aliphatic rings. The molecule has 4 heterocycles. The first-order valence-electron chi connectivity index (χ1n) is 7.77. The fourth-order valence-electron chi connectivity index (χ4n) is 3.75. The summed E-state index contributed by atoms with van der Waals surface area (Å²) in [6, 6.07) is 5.36. The van der Waals surface area contributed by atoms with Crippen LogP contribution >= 0.6 is 0 Å². The van der Waals surface area contributed by atoms with Gasteiger partial charge in [-0.25, -0.2) is 0 Å². The van der Waals surface area contributed by atoms with Gasteiger partial charge in [-0.2, -0.15) is 0 Å². The third kappa shape index (κ3) is 2.08. The molecule has 2 bridgehead atoms. The number of nitrogens with zero attached hydrogens (tertiary/aromatic N) is 2. The van der Waals surface area contributed by atoms with Crippen molar-refractivity contribution in [3.8, 4) is 0 Å². The molecule has 4 atom stereocenters. The summed E-state index contributed by atoms with van der Waals surface area (Å²) in [6.45, 7) is 1.38. The Morgan fingerprint density at radius 3 is 2.92 bits per heavy atom. The van der Waals surface area contributed by atoms with Gasteiger partial charge in [0.2, 0.25) is 11.8 Å². The Kier molecular flexibility index (Phi) is 3.28. The summed E-state index contributed by atoms with van der Waals surface area (Å²) in [6.07, 6.45) is 4.70. The first-order valence-corrected chi connectivity index (χ1v) is 7.77. The van der Waals surface area contributed by atoms with Gasteiger partial charge in [-0.15, -0.1) is 0 Å². The Bertz CT molecular complexity index is 747. The quantitative estimate of drug-likeness (QED) is 0.453. The average Bonchev–Trinajstić information content (AvgIpc) is 3.21. The van der Waals surface area contributed by atoms with Crippen molar-refractivity contribution in [2.24, 2.45) is 11.8 Å². The van der Waals surface area contributed by atoms with Crippen molar-refractivity contribution in [3.05, 3.63) is 42.2 Å². The molecule has 7 heteroatoms. The van der Waals surface area contributed by atoms with Crippen LogP contribution in [0.4, 0.5) is 0 Å². The number of hydrogen-bond acceptors (Lipinski definition) is 6. The van der Waals surface area contributed by atoms with E-state index in [9.17, 15) is 14.4 Å². The summed E-state index contributed by atoms with van der Waals surface area (Å²) in [5.74, 6) is -2.20. The number of amides is 2. The molecule has 1 aromatic heterocycles. The Labute approximate surface area is 138 Å². The third-order valence-electron chi connectivity index (χ3n) is 4.79. The van der Waals surface area contributed by atoms with Crippen molar-refractivity contribution >= 4 is 17.8 Å². The topological polar surface area (TPSA) is 85.8 Å². The monoisotopic (exact) mass is 328 g/mol. The predicted molar refractivity (Wildman–Crippen MR) is 80.2 cm³/mol. The fraction of sp³-hybridized carbons (Fsp3) is 0.412. The van der Waals surface area contributed by atoms with Crippen LogP contribution < -0.4 is 0 Å². The van der Waals surface area contributed by atoms with E-state index in [4.69, 9.17) is 9.47 Å². The molecule has 7 nitrogen and oxygen atoms in total. The maximum absolute atomic E-state index is 12.9. The number of fused-ring (bicyclic) bond motifs is 5. The molecule has 1 aromatic rings. The van der Waals surface area contributed by atoms with Gasteiger partial charge in [0, 0.05) is 13.1 Å². The summed E-state index contributed by atoms with van der Waals surface area (Å²) in [5, 5.41) is 0. The fourth-order valence-corrected chi connectivity index (χ4v) is 3.75. The van der Waals surface area contributed by atoms with Gasteiger partial charge >= 0.3 is 5.97 Å². The number of likely N-dealkylation sites (tertiary alicyclic amines) is 1. The van der Waals surface area contributed by atoms with Crippen LogP contribution in [0.3, 0.4) is 0 Å². The van der Waals surface area contributed by atoms with Crippen LogP contribution in [0.5, 0.6) is 0 Å². The first kappa shape index (κ1) is 15.0. The zero-order valence-corrected chi connectivity index (χ0v) is 13.0. The minimum absolute atomic E-state index is 0.0626. The zero-order chi connectivity index (χ0) is 16.9. The van der Waals surface area contributed by atoms with Crippen molar-refractivity contribution in [3.63, 3.8) is 0 Å². The van der Waals surface area contributed by atoms with Gasteiger partial charge in [0.25, 0.3) is 0 Å². The smallest absolute Gasteiger partial charge is 0.302 e.